The first-order valence-electron chi connectivity index (χ1n) is 10.2. The predicted molar refractivity (Wildman–Crippen MR) is 110 cm³/mol. The zero-order chi connectivity index (χ0) is 20.4. The molecule has 1 fully saturated rings. The summed E-state index contributed by atoms with van der Waals surface area (Å²) < 4.78 is 11.0. The van der Waals surface area contributed by atoms with Gasteiger partial charge in [0.25, 0.3) is 0 Å². The molecule has 2 atom stereocenters. The number of carbonyl (C=O) groups is 1. The van der Waals surface area contributed by atoms with Gasteiger partial charge < -0.3 is 14.3 Å². The molecule has 0 radical (unpaired) electrons. The van der Waals surface area contributed by atoms with Crippen molar-refractivity contribution in [3.05, 3.63) is 53.6 Å². The third-order valence-corrected chi connectivity index (χ3v) is 5.63. The van der Waals surface area contributed by atoms with Crippen molar-refractivity contribution in [1.29, 1.82) is 0 Å². The summed E-state index contributed by atoms with van der Waals surface area (Å²) >= 11 is 0. The second-order valence-corrected chi connectivity index (χ2v) is 7.83. The van der Waals surface area contributed by atoms with Crippen molar-refractivity contribution in [2.45, 2.75) is 39.4 Å². The monoisotopic (exact) mass is 396 g/mol. The fourth-order valence-electron chi connectivity index (χ4n) is 3.82. The first kappa shape index (κ1) is 19.7. The number of rotatable bonds is 6. The number of aryl methyl sites for hydroxylation is 1. The van der Waals surface area contributed by atoms with E-state index in [4.69, 9.17) is 8.94 Å². The normalized spacial score (nSPS) is 18.0. The fraction of sp³-hybridized carbons (Fsp3) is 0.455. The molecule has 1 aromatic carbocycles. The minimum Gasteiger partial charge on any atom is -0.459 e. The number of furan rings is 1. The summed E-state index contributed by atoms with van der Waals surface area (Å²) in [7, 11) is 0. The van der Waals surface area contributed by atoms with Gasteiger partial charge in [0, 0.05) is 44.2 Å². The highest BCUT2D eigenvalue weighted by Crippen LogP contribution is 2.23. The van der Waals surface area contributed by atoms with Crippen LogP contribution in [-0.4, -0.2) is 53.1 Å². The van der Waals surface area contributed by atoms with Gasteiger partial charge in [-0.05, 0) is 32.9 Å². The lowest BCUT2D eigenvalue weighted by Gasteiger charge is -2.37. The lowest BCUT2D eigenvalue weighted by molar-refractivity contribution is -0.127. The van der Waals surface area contributed by atoms with E-state index < -0.39 is 0 Å². The van der Waals surface area contributed by atoms with Crippen molar-refractivity contribution in [1.82, 2.24) is 20.3 Å². The molecule has 7 heteroatoms. The minimum absolute atomic E-state index is 0.0264. The SMILES string of the molecule is Cc1cc(CN2CCN(C(C)C(=O)NC(C)c3cc4ccccc4o3)CC2)no1. The number of carbonyl (C=O) groups excluding carboxylic acids is 1. The van der Waals surface area contributed by atoms with E-state index in [1.807, 2.05) is 57.2 Å². The van der Waals surface area contributed by atoms with E-state index in [-0.39, 0.29) is 18.0 Å². The summed E-state index contributed by atoms with van der Waals surface area (Å²) in [4.78, 5) is 17.4. The quantitative estimate of drug-likeness (QED) is 0.690. The Labute approximate surface area is 170 Å². The molecule has 4 rings (SSSR count). The first-order chi connectivity index (χ1) is 14.0. The van der Waals surface area contributed by atoms with Crippen molar-refractivity contribution in [2.24, 2.45) is 0 Å². The maximum atomic E-state index is 12.8. The molecule has 154 valence electrons. The van der Waals surface area contributed by atoms with Gasteiger partial charge in [0.05, 0.1) is 17.8 Å². The number of amides is 1. The van der Waals surface area contributed by atoms with E-state index in [1.165, 1.54) is 0 Å². The highest BCUT2D eigenvalue weighted by molar-refractivity contribution is 5.82. The summed E-state index contributed by atoms with van der Waals surface area (Å²) in [5.74, 6) is 1.64. The van der Waals surface area contributed by atoms with E-state index in [0.29, 0.717) is 0 Å². The summed E-state index contributed by atoms with van der Waals surface area (Å²) in [6.45, 7) is 10.1. The molecule has 2 aromatic heterocycles. The molecule has 1 N–H and O–H groups in total. The molecule has 1 aliphatic rings. The largest absolute Gasteiger partial charge is 0.459 e. The van der Waals surface area contributed by atoms with Crippen LogP contribution in [0.2, 0.25) is 0 Å². The van der Waals surface area contributed by atoms with Crippen molar-refractivity contribution in [3.63, 3.8) is 0 Å². The summed E-state index contributed by atoms with van der Waals surface area (Å²) in [6.07, 6.45) is 0. The number of hydrogen-bond acceptors (Lipinski definition) is 6. The maximum Gasteiger partial charge on any atom is 0.237 e. The number of nitrogens with zero attached hydrogens (tertiary/aromatic N) is 3. The molecule has 0 spiro atoms. The number of aromatic nitrogens is 1. The van der Waals surface area contributed by atoms with Crippen LogP contribution < -0.4 is 5.32 Å². The molecule has 29 heavy (non-hydrogen) atoms. The second kappa shape index (κ2) is 8.39. The molecule has 2 unspecified atom stereocenters. The van der Waals surface area contributed by atoms with Crippen LogP contribution in [0.3, 0.4) is 0 Å². The lowest BCUT2D eigenvalue weighted by Crippen LogP contribution is -2.53. The van der Waals surface area contributed by atoms with Crippen LogP contribution in [-0.2, 0) is 11.3 Å². The molecule has 0 bridgehead atoms. The molecule has 3 heterocycles. The standard InChI is InChI=1S/C22H28N4O3/c1-15-12-19(24-29-15)14-25-8-10-26(11-9-25)17(3)22(27)23-16(2)21-13-18-6-4-5-7-20(18)28-21/h4-7,12-13,16-17H,8-11,14H2,1-3H3,(H,23,27). The molecule has 0 saturated carbocycles. The zero-order valence-electron chi connectivity index (χ0n) is 17.2. The number of piperazine rings is 1. The number of benzene rings is 1. The Morgan fingerprint density at radius 3 is 2.62 bits per heavy atom. The van der Waals surface area contributed by atoms with Gasteiger partial charge in [-0.25, -0.2) is 0 Å². The highest BCUT2D eigenvalue weighted by atomic mass is 16.5. The van der Waals surface area contributed by atoms with E-state index in [1.54, 1.807) is 0 Å². The van der Waals surface area contributed by atoms with E-state index in [2.05, 4.69) is 20.3 Å². The average molecular weight is 396 g/mol. The van der Waals surface area contributed by atoms with E-state index >= 15 is 0 Å². The Hall–Kier alpha value is -2.64. The van der Waals surface area contributed by atoms with Crippen molar-refractivity contribution < 1.29 is 13.7 Å². The van der Waals surface area contributed by atoms with Gasteiger partial charge in [-0.3, -0.25) is 14.6 Å². The highest BCUT2D eigenvalue weighted by Gasteiger charge is 2.27. The molecule has 7 nitrogen and oxygen atoms in total. The topological polar surface area (TPSA) is 74.8 Å². The summed E-state index contributed by atoms with van der Waals surface area (Å²) in [5.41, 5.74) is 1.80. The average Bonchev–Trinajstić information content (AvgIpc) is 3.34. The summed E-state index contributed by atoms with van der Waals surface area (Å²) in [5, 5.41) is 8.21. The maximum absolute atomic E-state index is 12.8. The number of nitrogens with one attached hydrogen (secondary N) is 1. The first-order valence-corrected chi connectivity index (χ1v) is 10.2. The molecule has 1 saturated heterocycles. The molecule has 1 aliphatic heterocycles. The minimum atomic E-state index is -0.182. The van der Waals surface area contributed by atoms with Crippen molar-refractivity contribution in [2.75, 3.05) is 26.2 Å². The van der Waals surface area contributed by atoms with Gasteiger partial charge in [0.2, 0.25) is 5.91 Å². The lowest BCUT2D eigenvalue weighted by atomic mass is 10.1. The molecule has 0 aliphatic carbocycles. The fourth-order valence-corrected chi connectivity index (χ4v) is 3.82. The van der Waals surface area contributed by atoms with Crippen LogP contribution in [0.1, 0.15) is 37.1 Å². The third-order valence-electron chi connectivity index (χ3n) is 5.63. The van der Waals surface area contributed by atoms with Gasteiger partial charge >= 0.3 is 0 Å². The van der Waals surface area contributed by atoms with E-state index in [0.717, 1.165) is 60.9 Å². The summed E-state index contributed by atoms with van der Waals surface area (Å²) in [6, 6.07) is 11.5. The van der Waals surface area contributed by atoms with Crippen LogP contribution in [0.5, 0.6) is 0 Å². The van der Waals surface area contributed by atoms with Gasteiger partial charge in [-0.1, -0.05) is 23.4 Å². The molecular formula is C22H28N4O3. The molecule has 1 amide bonds. The number of fused-ring (bicyclic) bond motifs is 1. The molecule has 3 aromatic rings. The van der Waals surface area contributed by atoms with Gasteiger partial charge in [-0.2, -0.15) is 0 Å². The Kier molecular flexibility index (Phi) is 5.69. The van der Waals surface area contributed by atoms with Gasteiger partial charge in [-0.15, -0.1) is 0 Å². The van der Waals surface area contributed by atoms with Gasteiger partial charge in [0.1, 0.15) is 17.1 Å². The van der Waals surface area contributed by atoms with Crippen LogP contribution in [0.25, 0.3) is 11.0 Å². The number of para-hydroxylation sites is 1. The van der Waals surface area contributed by atoms with Crippen LogP contribution in [0, 0.1) is 6.92 Å². The van der Waals surface area contributed by atoms with Crippen LogP contribution >= 0.6 is 0 Å². The Morgan fingerprint density at radius 2 is 1.93 bits per heavy atom. The Balaban J connectivity index is 1.29. The zero-order valence-corrected chi connectivity index (χ0v) is 17.2. The smallest absolute Gasteiger partial charge is 0.237 e. The van der Waals surface area contributed by atoms with Crippen molar-refractivity contribution in [3.8, 4) is 0 Å². The van der Waals surface area contributed by atoms with Crippen LogP contribution in [0.15, 0.2) is 45.3 Å². The van der Waals surface area contributed by atoms with E-state index in [9.17, 15) is 4.79 Å². The van der Waals surface area contributed by atoms with Crippen LogP contribution in [0.4, 0.5) is 0 Å². The second-order valence-electron chi connectivity index (χ2n) is 7.83. The van der Waals surface area contributed by atoms with Crippen molar-refractivity contribution >= 4 is 16.9 Å². The third kappa shape index (κ3) is 4.52. The number of hydrogen-bond donors (Lipinski definition) is 1. The Morgan fingerprint density at radius 1 is 1.17 bits per heavy atom. The predicted octanol–water partition coefficient (Wildman–Crippen LogP) is 3.11. The Bertz CT molecular complexity index is 938. The van der Waals surface area contributed by atoms with Gasteiger partial charge in [0.15, 0.2) is 0 Å². The molecular weight excluding hydrogens is 368 g/mol.